The lowest BCUT2D eigenvalue weighted by atomic mass is 9.78. The number of ether oxygens (including phenoxy) is 2. The van der Waals surface area contributed by atoms with Crippen LogP contribution in [0, 0.1) is 11.3 Å². The zero-order chi connectivity index (χ0) is 25.1. The van der Waals surface area contributed by atoms with Crippen LogP contribution in [-0.2, 0) is 20.4 Å². The predicted octanol–water partition coefficient (Wildman–Crippen LogP) is 3.23. The van der Waals surface area contributed by atoms with Crippen LogP contribution < -0.4 is 10.2 Å². The Kier molecular flexibility index (Phi) is 6.20. The van der Waals surface area contributed by atoms with Crippen molar-refractivity contribution in [2.24, 2.45) is 11.3 Å². The molecule has 1 aromatic heterocycles. The number of fused-ring (bicyclic) bond motifs is 3. The SMILES string of the molecule is CO[C@@H]1COCC[C@@H]1N[C@@H]1C[C@H]2CCC[C@@]2(C(=O)N2C[C@H]3C[C@H]2CN3c2cc(C(F)(F)F)ccn2)C1. The number of alkyl halides is 3. The molecule has 0 spiro atoms. The molecule has 4 heterocycles. The Labute approximate surface area is 209 Å². The summed E-state index contributed by atoms with van der Waals surface area (Å²) in [7, 11) is 1.73. The molecule has 1 amide bonds. The van der Waals surface area contributed by atoms with Crippen molar-refractivity contribution < 1.29 is 27.4 Å². The fraction of sp³-hybridized carbons (Fsp3) is 0.769. The number of rotatable bonds is 5. The van der Waals surface area contributed by atoms with Gasteiger partial charge in [-0.05, 0) is 56.6 Å². The number of piperazine rings is 1. The van der Waals surface area contributed by atoms with Crippen molar-refractivity contribution in [2.75, 3.05) is 38.3 Å². The summed E-state index contributed by atoms with van der Waals surface area (Å²) in [6.45, 7) is 2.44. The van der Waals surface area contributed by atoms with E-state index in [-0.39, 0.29) is 35.6 Å². The van der Waals surface area contributed by atoms with Crippen LogP contribution in [0.4, 0.5) is 19.0 Å². The van der Waals surface area contributed by atoms with Gasteiger partial charge in [0.2, 0.25) is 5.91 Å². The quantitative estimate of drug-likeness (QED) is 0.659. The van der Waals surface area contributed by atoms with E-state index in [0.29, 0.717) is 37.5 Å². The standard InChI is InChI=1S/C26H35F3N4O3/c1-35-22-15-36-8-5-21(22)31-18-9-16-3-2-6-25(16,12-18)24(34)33-14-19-11-20(33)13-32(19)23-10-17(4-7-30-23)26(27,28)29/h4,7,10,16,18-22,31H,2-3,5-6,8-9,11-15H2,1H3/t16-,18-,19-,20+,21+,22-,25-/m1/s1. The Morgan fingerprint density at radius 1 is 1.25 bits per heavy atom. The van der Waals surface area contributed by atoms with Crippen LogP contribution in [0.5, 0.6) is 0 Å². The minimum absolute atomic E-state index is 0.0196. The van der Waals surface area contributed by atoms with E-state index < -0.39 is 11.7 Å². The average Bonchev–Trinajstić information content (AvgIpc) is 3.63. The minimum Gasteiger partial charge on any atom is -0.379 e. The molecule has 2 aliphatic carbocycles. The van der Waals surface area contributed by atoms with Crippen molar-refractivity contribution in [3.63, 3.8) is 0 Å². The molecule has 0 radical (unpaired) electrons. The smallest absolute Gasteiger partial charge is 0.379 e. The van der Waals surface area contributed by atoms with Crippen molar-refractivity contribution >= 4 is 11.7 Å². The van der Waals surface area contributed by atoms with Gasteiger partial charge in [-0.1, -0.05) is 6.42 Å². The highest BCUT2D eigenvalue weighted by Crippen LogP contribution is 2.56. The van der Waals surface area contributed by atoms with Crippen molar-refractivity contribution in [3.05, 3.63) is 23.9 Å². The van der Waals surface area contributed by atoms with Crippen LogP contribution in [0.15, 0.2) is 18.3 Å². The molecular formula is C26H35F3N4O3. The lowest BCUT2D eigenvalue weighted by Gasteiger charge is -2.40. The Morgan fingerprint density at radius 3 is 2.86 bits per heavy atom. The summed E-state index contributed by atoms with van der Waals surface area (Å²) >= 11 is 0. The minimum atomic E-state index is -4.39. The van der Waals surface area contributed by atoms with Crippen LogP contribution in [0.25, 0.3) is 0 Å². The van der Waals surface area contributed by atoms with Crippen molar-refractivity contribution in [2.45, 2.75) is 81.4 Å². The van der Waals surface area contributed by atoms with Gasteiger partial charge in [0.25, 0.3) is 0 Å². The van der Waals surface area contributed by atoms with Gasteiger partial charge in [0.15, 0.2) is 0 Å². The molecule has 0 unspecified atom stereocenters. The second-order valence-corrected chi connectivity index (χ2v) is 11.3. The van der Waals surface area contributed by atoms with Crippen molar-refractivity contribution in [1.29, 1.82) is 0 Å². The van der Waals surface area contributed by atoms with E-state index in [0.717, 1.165) is 63.7 Å². The number of carbonyl (C=O) groups excluding carboxylic acids is 1. The second kappa shape index (κ2) is 9.13. The Balaban J connectivity index is 1.13. The molecule has 10 heteroatoms. The summed E-state index contributed by atoms with van der Waals surface area (Å²) in [5.74, 6) is 1.02. The first-order valence-electron chi connectivity index (χ1n) is 13.3. The number of hydrogen-bond acceptors (Lipinski definition) is 6. The molecule has 0 aromatic carbocycles. The Morgan fingerprint density at radius 2 is 2.11 bits per heavy atom. The molecule has 7 atom stereocenters. The molecule has 1 aromatic rings. The number of nitrogens with zero attached hydrogens (tertiary/aromatic N) is 3. The molecule has 36 heavy (non-hydrogen) atoms. The van der Waals surface area contributed by atoms with E-state index in [1.54, 1.807) is 7.11 Å². The van der Waals surface area contributed by atoms with E-state index >= 15 is 0 Å². The molecule has 5 fully saturated rings. The van der Waals surface area contributed by atoms with Gasteiger partial charge < -0.3 is 24.6 Å². The van der Waals surface area contributed by atoms with Crippen molar-refractivity contribution in [3.8, 4) is 0 Å². The second-order valence-electron chi connectivity index (χ2n) is 11.3. The maximum atomic E-state index is 14.1. The maximum absolute atomic E-state index is 14.1. The van der Waals surface area contributed by atoms with Gasteiger partial charge in [-0.15, -0.1) is 0 Å². The Bertz CT molecular complexity index is 993. The van der Waals surface area contributed by atoms with Gasteiger partial charge >= 0.3 is 6.18 Å². The highest BCUT2D eigenvalue weighted by Gasteiger charge is 2.59. The number of pyridine rings is 1. The first kappa shape index (κ1) is 24.4. The zero-order valence-corrected chi connectivity index (χ0v) is 20.7. The van der Waals surface area contributed by atoms with Crippen LogP contribution in [0.2, 0.25) is 0 Å². The fourth-order valence-electron chi connectivity index (χ4n) is 7.79. The van der Waals surface area contributed by atoms with E-state index in [4.69, 9.17) is 9.47 Å². The maximum Gasteiger partial charge on any atom is 0.416 e. The van der Waals surface area contributed by atoms with Crippen LogP contribution in [-0.4, -0.2) is 79.5 Å². The van der Waals surface area contributed by atoms with Gasteiger partial charge in [0.1, 0.15) is 5.82 Å². The van der Waals surface area contributed by atoms with Crippen LogP contribution >= 0.6 is 0 Å². The molecule has 2 bridgehead atoms. The van der Waals surface area contributed by atoms with E-state index in [1.165, 1.54) is 6.20 Å². The summed E-state index contributed by atoms with van der Waals surface area (Å²) in [6.07, 6.45) is 3.57. The molecule has 3 saturated heterocycles. The number of amides is 1. The average molecular weight is 509 g/mol. The number of methoxy groups -OCH3 is 1. The third kappa shape index (κ3) is 4.09. The molecular weight excluding hydrogens is 473 g/mol. The number of aromatic nitrogens is 1. The highest BCUT2D eigenvalue weighted by atomic mass is 19.4. The molecule has 7 nitrogen and oxygen atoms in total. The first-order chi connectivity index (χ1) is 17.3. The molecule has 2 saturated carbocycles. The number of hydrogen-bond donors (Lipinski definition) is 1. The summed E-state index contributed by atoms with van der Waals surface area (Å²) < 4.78 is 50.8. The number of likely N-dealkylation sites (tertiary alicyclic amines) is 1. The van der Waals surface area contributed by atoms with Crippen LogP contribution in [0.3, 0.4) is 0 Å². The largest absolute Gasteiger partial charge is 0.416 e. The Hall–Kier alpha value is -1.91. The van der Waals surface area contributed by atoms with Gasteiger partial charge in [-0.2, -0.15) is 13.2 Å². The van der Waals surface area contributed by atoms with Gasteiger partial charge in [0.05, 0.1) is 35.8 Å². The number of anilines is 1. The summed E-state index contributed by atoms with van der Waals surface area (Å²) in [5.41, 5.74) is -0.990. The topological polar surface area (TPSA) is 66.9 Å². The molecule has 5 aliphatic rings. The summed E-state index contributed by atoms with van der Waals surface area (Å²) in [4.78, 5) is 22.3. The molecule has 1 N–H and O–H groups in total. The lowest BCUT2D eigenvalue weighted by Crippen LogP contribution is -2.54. The first-order valence-corrected chi connectivity index (χ1v) is 13.3. The normalized spacial score (nSPS) is 38.1. The molecule has 3 aliphatic heterocycles. The third-order valence-electron chi connectivity index (χ3n) is 9.49. The fourth-order valence-corrected chi connectivity index (χ4v) is 7.79. The highest BCUT2D eigenvalue weighted by molar-refractivity contribution is 5.85. The van der Waals surface area contributed by atoms with E-state index in [1.807, 2.05) is 4.90 Å². The van der Waals surface area contributed by atoms with E-state index in [2.05, 4.69) is 15.2 Å². The molecule has 6 rings (SSSR count). The molecule has 198 valence electrons. The van der Waals surface area contributed by atoms with Gasteiger partial charge in [0, 0.05) is 45.1 Å². The van der Waals surface area contributed by atoms with Gasteiger partial charge in [-0.3, -0.25) is 4.79 Å². The number of carbonyl (C=O) groups is 1. The number of nitrogens with one attached hydrogen (secondary N) is 1. The third-order valence-corrected chi connectivity index (χ3v) is 9.49. The zero-order valence-electron chi connectivity index (χ0n) is 20.7. The summed E-state index contributed by atoms with van der Waals surface area (Å²) in [6, 6.07) is 2.74. The lowest BCUT2D eigenvalue weighted by molar-refractivity contribution is -0.144. The predicted molar refractivity (Wildman–Crippen MR) is 126 cm³/mol. The summed E-state index contributed by atoms with van der Waals surface area (Å²) in [5, 5.41) is 3.81. The monoisotopic (exact) mass is 508 g/mol. The van der Waals surface area contributed by atoms with E-state index in [9.17, 15) is 18.0 Å². The van der Waals surface area contributed by atoms with Gasteiger partial charge in [-0.25, -0.2) is 4.98 Å². The van der Waals surface area contributed by atoms with Crippen molar-refractivity contribution in [1.82, 2.24) is 15.2 Å². The van der Waals surface area contributed by atoms with Crippen LogP contribution in [0.1, 0.15) is 50.5 Å². The number of halogens is 3.